The molecule has 2 aliphatic rings. The average Bonchev–Trinajstić information content (AvgIpc) is 2.78. The van der Waals surface area contributed by atoms with E-state index in [1.54, 1.807) is 7.11 Å². The van der Waals surface area contributed by atoms with Crippen LogP contribution in [0.4, 0.5) is 5.69 Å². The summed E-state index contributed by atoms with van der Waals surface area (Å²) in [5.41, 5.74) is 2.22. The lowest BCUT2D eigenvalue weighted by molar-refractivity contribution is -0.120. The van der Waals surface area contributed by atoms with E-state index in [-0.39, 0.29) is 11.8 Å². The van der Waals surface area contributed by atoms with Gasteiger partial charge in [-0.05, 0) is 42.5 Å². The molecule has 0 bridgehead atoms. The van der Waals surface area contributed by atoms with Crippen LogP contribution in [0.1, 0.15) is 30.7 Å². The minimum absolute atomic E-state index is 0.180. The van der Waals surface area contributed by atoms with E-state index in [1.807, 2.05) is 12.1 Å². The highest BCUT2D eigenvalue weighted by Crippen LogP contribution is 2.46. The zero-order valence-corrected chi connectivity index (χ0v) is 9.32. The van der Waals surface area contributed by atoms with E-state index in [2.05, 4.69) is 11.4 Å². The Morgan fingerprint density at radius 1 is 1.31 bits per heavy atom. The highest BCUT2D eigenvalue weighted by molar-refractivity contribution is 5.97. The molecule has 2 atom stereocenters. The van der Waals surface area contributed by atoms with Crippen molar-refractivity contribution in [3.8, 4) is 5.75 Å². The van der Waals surface area contributed by atoms with Crippen molar-refractivity contribution in [2.24, 2.45) is 5.92 Å². The predicted molar refractivity (Wildman–Crippen MR) is 61.7 cm³/mol. The molecule has 1 aromatic carbocycles. The summed E-state index contributed by atoms with van der Waals surface area (Å²) in [6.07, 6.45) is 3.30. The molecule has 0 unspecified atom stereocenters. The third-order valence-electron chi connectivity index (χ3n) is 3.77. The Bertz CT molecular complexity index is 442. The van der Waals surface area contributed by atoms with Crippen molar-refractivity contribution >= 4 is 11.6 Å². The first-order valence-corrected chi connectivity index (χ1v) is 5.78. The van der Waals surface area contributed by atoms with Crippen molar-refractivity contribution in [2.75, 3.05) is 12.4 Å². The topological polar surface area (TPSA) is 38.3 Å². The number of amides is 1. The maximum atomic E-state index is 11.9. The van der Waals surface area contributed by atoms with E-state index in [1.165, 1.54) is 5.56 Å². The van der Waals surface area contributed by atoms with Crippen molar-refractivity contribution in [1.29, 1.82) is 0 Å². The molecule has 1 amide bonds. The van der Waals surface area contributed by atoms with Crippen molar-refractivity contribution in [3.63, 3.8) is 0 Å². The number of ether oxygens (including phenoxy) is 1. The highest BCUT2D eigenvalue weighted by Gasteiger charge is 2.38. The summed E-state index contributed by atoms with van der Waals surface area (Å²) in [5, 5.41) is 2.99. The predicted octanol–water partition coefficient (Wildman–Crippen LogP) is 2.53. The lowest BCUT2D eigenvalue weighted by Crippen LogP contribution is -2.30. The summed E-state index contributed by atoms with van der Waals surface area (Å²) >= 11 is 0. The number of hydrogen-bond donors (Lipinski definition) is 1. The molecule has 3 nitrogen and oxygen atoms in total. The van der Waals surface area contributed by atoms with Crippen LogP contribution in [0, 0.1) is 5.92 Å². The van der Waals surface area contributed by atoms with Gasteiger partial charge in [-0.25, -0.2) is 0 Å². The molecule has 1 aliphatic carbocycles. The van der Waals surface area contributed by atoms with Gasteiger partial charge in [0, 0.05) is 11.6 Å². The summed E-state index contributed by atoms with van der Waals surface area (Å²) < 4.78 is 5.24. The summed E-state index contributed by atoms with van der Waals surface area (Å²) in [7, 11) is 1.68. The molecule has 1 aliphatic heterocycles. The SMILES string of the molecule is COc1ccc2c(c1)[C@@H]1CCC[C@H]1C(=O)N2. The van der Waals surface area contributed by atoms with E-state index in [0.717, 1.165) is 30.7 Å². The Balaban J connectivity index is 2.08. The van der Waals surface area contributed by atoms with Crippen molar-refractivity contribution in [1.82, 2.24) is 0 Å². The zero-order valence-electron chi connectivity index (χ0n) is 9.32. The number of benzene rings is 1. The first kappa shape index (κ1) is 9.70. The van der Waals surface area contributed by atoms with Crippen LogP contribution in [0.2, 0.25) is 0 Å². The monoisotopic (exact) mass is 217 g/mol. The molecule has 1 fully saturated rings. The molecule has 16 heavy (non-hydrogen) atoms. The van der Waals surface area contributed by atoms with Gasteiger partial charge < -0.3 is 10.1 Å². The van der Waals surface area contributed by atoms with Gasteiger partial charge in [0.1, 0.15) is 5.75 Å². The van der Waals surface area contributed by atoms with Gasteiger partial charge in [0.2, 0.25) is 5.91 Å². The normalized spacial score (nSPS) is 26.9. The Morgan fingerprint density at radius 3 is 2.94 bits per heavy atom. The molecule has 1 saturated carbocycles. The van der Waals surface area contributed by atoms with Gasteiger partial charge in [-0.3, -0.25) is 4.79 Å². The number of hydrogen-bond acceptors (Lipinski definition) is 2. The number of nitrogens with one attached hydrogen (secondary N) is 1. The quantitative estimate of drug-likeness (QED) is 0.785. The summed E-state index contributed by atoms with van der Waals surface area (Å²) in [5.74, 6) is 1.65. The van der Waals surface area contributed by atoms with Crippen LogP contribution in [-0.2, 0) is 4.79 Å². The number of anilines is 1. The molecule has 3 heteroatoms. The fourth-order valence-electron chi connectivity index (χ4n) is 2.96. The lowest BCUT2D eigenvalue weighted by Gasteiger charge is -2.28. The molecule has 0 spiro atoms. The molecular formula is C13H15NO2. The maximum Gasteiger partial charge on any atom is 0.228 e. The largest absolute Gasteiger partial charge is 0.497 e. The van der Waals surface area contributed by atoms with Crippen molar-refractivity contribution in [2.45, 2.75) is 25.2 Å². The Kier molecular flexibility index (Phi) is 2.13. The third-order valence-corrected chi connectivity index (χ3v) is 3.77. The van der Waals surface area contributed by atoms with E-state index in [9.17, 15) is 4.79 Å². The first-order chi connectivity index (χ1) is 7.79. The number of carbonyl (C=O) groups excluding carboxylic acids is 1. The fraction of sp³-hybridized carbons (Fsp3) is 0.462. The molecule has 0 radical (unpaired) electrons. The average molecular weight is 217 g/mol. The van der Waals surface area contributed by atoms with Gasteiger partial charge in [0.15, 0.2) is 0 Å². The van der Waals surface area contributed by atoms with Crippen LogP contribution in [0.15, 0.2) is 18.2 Å². The molecule has 1 heterocycles. The zero-order chi connectivity index (χ0) is 11.1. The Labute approximate surface area is 94.8 Å². The van der Waals surface area contributed by atoms with Gasteiger partial charge >= 0.3 is 0 Å². The van der Waals surface area contributed by atoms with Crippen molar-refractivity contribution in [3.05, 3.63) is 23.8 Å². The standard InChI is InChI=1S/C13H15NO2/c1-16-8-5-6-12-11(7-8)9-3-2-4-10(9)13(15)14-12/h5-7,9-10H,2-4H2,1H3,(H,14,15)/t9-,10-/m1/s1. The molecule has 0 aromatic heterocycles. The van der Waals surface area contributed by atoms with Crippen LogP contribution in [-0.4, -0.2) is 13.0 Å². The maximum absolute atomic E-state index is 11.9. The van der Waals surface area contributed by atoms with E-state index >= 15 is 0 Å². The Morgan fingerprint density at radius 2 is 2.12 bits per heavy atom. The second kappa shape index (κ2) is 3.51. The van der Waals surface area contributed by atoms with Crippen molar-refractivity contribution < 1.29 is 9.53 Å². The van der Waals surface area contributed by atoms with Crippen LogP contribution >= 0.6 is 0 Å². The number of rotatable bonds is 1. The van der Waals surface area contributed by atoms with Crippen LogP contribution in [0.3, 0.4) is 0 Å². The van der Waals surface area contributed by atoms with Gasteiger partial charge in [-0.15, -0.1) is 0 Å². The van der Waals surface area contributed by atoms with E-state index in [0.29, 0.717) is 5.92 Å². The lowest BCUT2D eigenvalue weighted by atomic mass is 9.84. The molecule has 3 rings (SSSR count). The second-order valence-electron chi connectivity index (χ2n) is 4.59. The minimum Gasteiger partial charge on any atom is -0.497 e. The van der Waals surface area contributed by atoms with Crippen LogP contribution in [0.25, 0.3) is 0 Å². The summed E-state index contributed by atoms with van der Waals surface area (Å²) in [6.45, 7) is 0. The van der Waals surface area contributed by atoms with Gasteiger partial charge in [-0.1, -0.05) is 6.42 Å². The van der Waals surface area contributed by atoms with Crippen LogP contribution < -0.4 is 10.1 Å². The number of methoxy groups -OCH3 is 1. The van der Waals surface area contributed by atoms with E-state index in [4.69, 9.17) is 4.74 Å². The Hall–Kier alpha value is -1.51. The van der Waals surface area contributed by atoms with Crippen LogP contribution in [0.5, 0.6) is 5.75 Å². The third kappa shape index (κ3) is 1.31. The molecule has 0 saturated heterocycles. The van der Waals surface area contributed by atoms with Gasteiger partial charge in [0.05, 0.1) is 7.11 Å². The minimum atomic E-state index is 0.180. The van der Waals surface area contributed by atoms with Gasteiger partial charge in [0.25, 0.3) is 0 Å². The molecule has 1 N–H and O–H groups in total. The molecular weight excluding hydrogens is 202 g/mol. The first-order valence-electron chi connectivity index (χ1n) is 5.78. The number of fused-ring (bicyclic) bond motifs is 3. The molecule has 84 valence electrons. The number of carbonyl (C=O) groups is 1. The van der Waals surface area contributed by atoms with Gasteiger partial charge in [-0.2, -0.15) is 0 Å². The molecule has 1 aromatic rings. The second-order valence-corrected chi connectivity index (χ2v) is 4.59. The summed E-state index contributed by atoms with van der Waals surface area (Å²) in [6, 6.07) is 5.91. The highest BCUT2D eigenvalue weighted by atomic mass is 16.5. The fourth-order valence-corrected chi connectivity index (χ4v) is 2.96. The summed E-state index contributed by atoms with van der Waals surface area (Å²) in [4.78, 5) is 11.9. The van der Waals surface area contributed by atoms with E-state index < -0.39 is 0 Å². The smallest absolute Gasteiger partial charge is 0.228 e.